The molecule has 0 saturated carbocycles. The Morgan fingerprint density at radius 1 is 1.26 bits per heavy atom. The molecule has 0 fully saturated rings. The summed E-state index contributed by atoms with van der Waals surface area (Å²) in [6.07, 6.45) is 0.247. The van der Waals surface area contributed by atoms with Crippen LogP contribution in [-0.2, 0) is 7.05 Å². The van der Waals surface area contributed by atoms with Gasteiger partial charge in [0.2, 0.25) is 0 Å². The van der Waals surface area contributed by atoms with E-state index in [1.807, 2.05) is 6.92 Å². The number of hydrogen-bond donors (Lipinski definition) is 3. The second kappa shape index (κ2) is 11.1. The molecule has 1 aromatic heterocycles. The normalized spacial score (nSPS) is 14.6. The monoisotopic (exact) mass is 533 g/mol. The van der Waals surface area contributed by atoms with E-state index in [0.717, 1.165) is 16.8 Å². The number of hydrazine groups is 1. The largest absolute Gasteiger partial charge is 0.419 e. The number of anilines is 1. The molecular weight excluding hydrogens is 502 g/mol. The van der Waals surface area contributed by atoms with Gasteiger partial charge in [-0.2, -0.15) is 18.3 Å². The highest BCUT2D eigenvalue weighted by molar-refractivity contribution is 5.96. The van der Waals surface area contributed by atoms with Gasteiger partial charge in [-0.1, -0.05) is 12.1 Å². The van der Waals surface area contributed by atoms with Crippen LogP contribution in [0.15, 0.2) is 65.4 Å². The molecule has 2 aromatic rings. The highest BCUT2D eigenvalue weighted by Crippen LogP contribution is 2.36. The number of aryl methyl sites for hydroxylation is 2. The van der Waals surface area contributed by atoms with Crippen molar-refractivity contribution in [3.63, 3.8) is 0 Å². The number of likely N-dealkylation sites (N-methyl/N-ethyl adjacent to an activating group) is 1. The van der Waals surface area contributed by atoms with E-state index >= 15 is 0 Å². The maximum absolute atomic E-state index is 14.7. The first kappa shape index (κ1) is 28.5. The molecule has 0 spiro atoms. The van der Waals surface area contributed by atoms with E-state index in [2.05, 4.69) is 10.4 Å². The number of nitrogens with zero attached hydrogens (tertiary/aromatic N) is 4. The second-order valence-corrected chi connectivity index (χ2v) is 9.12. The number of hydrogen-bond acceptors (Lipinski definition) is 6. The topological polar surface area (TPSA) is 105 Å². The Kier molecular flexibility index (Phi) is 8.35. The zero-order valence-electron chi connectivity index (χ0n) is 21.8. The van der Waals surface area contributed by atoms with Crippen molar-refractivity contribution in [2.45, 2.75) is 26.4 Å². The lowest BCUT2D eigenvalue weighted by Gasteiger charge is -2.20. The van der Waals surface area contributed by atoms with Crippen LogP contribution >= 0.6 is 0 Å². The number of carbonyl (C=O) groups excluding carboxylic acids is 1. The van der Waals surface area contributed by atoms with Gasteiger partial charge in [0.1, 0.15) is 0 Å². The van der Waals surface area contributed by atoms with E-state index in [1.54, 1.807) is 37.0 Å². The molecule has 38 heavy (non-hydrogen) atoms. The number of aromatic nitrogens is 2. The average molecular weight is 534 g/mol. The van der Waals surface area contributed by atoms with Crippen LogP contribution in [0.3, 0.4) is 0 Å². The van der Waals surface area contributed by atoms with Crippen LogP contribution < -0.4 is 21.9 Å². The predicted molar refractivity (Wildman–Crippen MR) is 139 cm³/mol. The Morgan fingerprint density at radius 3 is 2.53 bits per heavy atom. The lowest BCUT2D eigenvalue weighted by molar-refractivity contribution is -0.0900. The highest BCUT2D eigenvalue weighted by atomic mass is 19.4. The minimum absolute atomic E-state index is 0.0939. The summed E-state index contributed by atoms with van der Waals surface area (Å²) in [5.41, 5.74) is 8.03. The molecule has 1 aliphatic carbocycles. The van der Waals surface area contributed by atoms with Gasteiger partial charge in [0.25, 0.3) is 5.91 Å². The van der Waals surface area contributed by atoms with Gasteiger partial charge in [0, 0.05) is 55.8 Å². The fourth-order valence-corrected chi connectivity index (χ4v) is 3.87. The average Bonchev–Trinajstić information content (AvgIpc) is 3.06. The number of halogens is 4. The summed E-state index contributed by atoms with van der Waals surface area (Å²) in [4.78, 5) is 14.2. The van der Waals surface area contributed by atoms with E-state index in [9.17, 15) is 22.4 Å². The molecule has 1 heterocycles. The third-order valence-electron chi connectivity index (χ3n) is 6.19. The maximum atomic E-state index is 14.7. The van der Waals surface area contributed by atoms with Crippen LogP contribution in [0.5, 0.6) is 0 Å². The van der Waals surface area contributed by atoms with Crippen molar-refractivity contribution in [2.75, 3.05) is 25.6 Å². The molecular formula is C26H31F4N7O. The van der Waals surface area contributed by atoms with E-state index in [4.69, 9.17) is 11.6 Å². The molecule has 0 bridgehead atoms. The van der Waals surface area contributed by atoms with E-state index in [1.165, 1.54) is 42.2 Å². The number of benzene rings is 1. The maximum Gasteiger partial charge on any atom is 0.419 e. The minimum atomic E-state index is -4.94. The van der Waals surface area contributed by atoms with Crippen LogP contribution in [0, 0.1) is 13.8 Å². The summed E-state index contributed by atoms with van der Waals surface area (Å²) in [5, 5.41) is 8.05. The van der Waals surface area contributed by atoms with Crippen molar-refractivity contribution in [3.8, 4) is 0 Å². The SMILES string of the molecule is Cc1ccc(C(=O)NC2=CC(C(F)(F)F)=C(F)C(N(C)C)=CC2)cc1N(N)C/C=C(\N)c1cnn(C)c1C. The molecule has 0 atom stereocenters. The summed E-state index contributed by atoms with van der Waals surface area (Å²) in [7, 11) is 4.69. The Balaban J connectivity index is 1.83. The fraction of sp³-hybridized carbons (Fsp3) is 0.308. The zero-order chi connectivity index (χ0) is 28.4. The number of allylic oxidation sites excluding steroid dienone is 4. The molecule has 12 heteroatoms. The van der Waals surface area contributed by atoms with Crippen molar-refractivity contribution < 1.29 is 22.4 Å². The number of nitrogens with two attached hydrogens (primary N) is 2. The molecule has 204 valence electrons. The summed E-state index contributed by atoms with van der Waals surface area (Å²) in [5.74, 6) is 4.19. The zero-order valence-corrected chi connectivity index (χ0v) is 21.8. The first-order valence-corrected chi connectivity index (χ1v) is 11.6. The first-order chi connectivity index (χ1) is 17.7. The number of nitrogens with one attached hydrogen (secondary N) is 1. The van der Waals surface area contributed by atoms with E-state index in [0.29, 0.717) is 17.5 Å². The number of alkyl halides is 3. The van der Waals surface area contributed by atoms with Gasteiger partial charge in [-0.3, -0.25) is 9.48 Å². The lowest BCUT2D eigenvalue weighted by Crippen LogP contribution is -2.32. The van der Waals surface area contributed by atoms with Gasteiger partial charge in [0.05, 0.1) is 29.7 Å². The minimum Gasteiger partial charge on any atom is -0.398 e. The van der Waals surface area contributed by atoms with E-state index in [-0.39, 0.29) is 29.9 Å². The summed E-state index contributed by atoms with van der Waals surface area (Å²) < 4.78 is 57.0. The van der Waals surface area contributed by atoms with Gasteiger partial charge in [-0.25, -0.2) is 10.2 Å². The van der Waals surface area contributed by atoms with Crippen molar-refractivity contribution >= 4 is 17.3 Å². The highest BCUT2D eigenvalue weighted by Gasteiger charge is 2.38. The van der Waals surface area contributed by atoms with Crippen LogP contribution in [0.1, 0.15) is 33.6 Å². The fourth-order valence-electron chi connectivity index (χ4n) is 3.87. The Morgan fingerprint density at radius 2 is 1.95 bits per heavy atom. The van der Waals surface area contributed by atoms with Gasteiger partial charge < -0.3 is 21.0 Å². The molecule has 3 rings (SSSR count). The van der Waals surface area contributed by atoms with E-state index < -0.39 is 23.5 Å². The molecule has 8 nitrogen and oxygen atoms in total. The van der Waals surface area contributed by atoms with Gasteiger partial charge in [-0.15, -0.1) is 0 Å². The molecule has 0 unspecified atom stereocenters. The summed E-state index contributed by atoms with van der Waals surface area (Å²) >= 11 is 0. The van der Waals surface area contributed by atoms with Gasteiger partial charge >= 0.3 is 6.18 Å². The third kappa shape index (κ3) is 6.25. The van der Waals surface area contributed by atoms with Gasteiger partial charge in [-0.05, 0) is 43.7 Å². The Bertz CT molecular complexity index is 1350. The van der Waals surface area contributed by atoms with Crippen molar-refractivity contribution in [1.29, 1.82) is 0 Å². The molecule has 1 amide bonds. The van der Waals surface area contributed by atoms with Crippen LogP contribution in [0.2, 0.25) is 0 Å². The standard InChI is InChI=1S/C26H31F4N7O/c1-15-6-7-17(12-23(15)37(32)11-10-21(31)19-14-33-36(5)16(19)2)25(38)34-18-8-9-22(35(3)4)24(27)20(13-18)26(28,29)30/h6-7,9-10,12-14H,8,11,31-32H2,1-5H3,(H,34,38)/b21-10-. The second-order valence-electron chi connectivity index (χ2n) is 9.12. The Labute approximate surface area is 218 Å². The molecule has 0 aliphatic heterocycles. The molecule has 1 aromatic carbocycles. The smallest absolute Gasteiger partial charge is 0.398 e. The van der Waals surface area contributed by atoms with Crippen molar-refractivity contribution in [2.24, 2.45) is 18.6 Å². The van der Waals surface area contributed by atoms with Crippen LogP contribution in [0.25, 0.3) is 5.70 Å². The van der Waals surface area contributed by atoms with Crippen molar-refractivity contribution in [1.82, 2.24) is 20.0 Å². The van der Waals surface area contributed by atoms with Crippen LogP contribution in [-0.4, -0.2) is 47.4 Å². The number of carbonyl (C=O) groups is 1. The molecule has 1 aliphatic rings. The Hall–Kier alpha value is -4.06. The number of rotatable bonds is 7. The predicted octanol–water partition coefficient (Wildman–Crippen LogP) is 3.97. The quantitative estimate of drug-likeness (QED) is 0.283. The number of amides is 1. The molecule has 0 saturated heterocycles. The summed E-state index contributed by atoms with van der Waals surface area (Å²) in [6.45, 7) is 3.91. The van der Waals surface area contributed by atoms with Gasteiger partial charge in [0.15, 0.2) is 5.83 Å². The summed E-state index contributed by atoms with van der Waals surface area (Å²) in [6, 6.07) is 4.74. The lowest BCUT2D eigenvalue weighted by atomic mass is 10.1. The van der Waals surface area contributed by atoms with Crippen LogP contribution in [0.4, 0.5) is 23.2 Å². The third-order valence-corrected chi connectivity index (χ3v) is 6.19. The van der Waals surface area contributed by atoms with Crippen molar-refractivity contribution in [3.05, 3.63) is 87.8 Å². The first-order valence-electron chi connectivity index (χ1n) is 11.6. The molecule has 5 N–H and O–H groups in total. The molecule has 0 radical (unpaired) electrons.